The summed E-state index contributed by atoms with van der Waals surface area (Å²) in [6, 6.07) is 4.87. The number of ether oxygens (including phenoxy) is 1. The zero-order valence-electron chi connectivity index (χ0n) is 11.5. The van der Waals surface area contributed by atoms with Gasteiger partial charge in [-0.3, -0.25) is 4.79 Å². The second-order valence-corrected chi connectivity index (χ2v) is 5.10. The van der Waals surface area contributed by atoms with E-state index in [-0.39, 0.29) is 11.7 Å². The average molecular weight is 265 g/mol. The van der Waals surface area contributed by atoms with Gasteiger partial charge >= 0.3 is 0 Å². The molecule has 1 aromatic rings. The lowest BCUT2D eigenvalue weighted by Crippen LogP contribution is -2.27. The van der Waals surface area contributed by atoms with Gasteiger partial charge in [0.25, 0.3) is 0 Å². The van der Waals surface area contributed by atoms with Crippen molar-refractivity contribution in [1.82, 2.24) is 0 Å². The topological polar surface area (TPSA) is 96.9 Å². The van der Waals surface area contributed by atoms with Gasteiger partial charge in [-0.15, -0.1) is 0 Å². The van der Waals surface area contributed by atoms with Gasteiger partial charge in [0.2, 0.25) is 5.91 Å². The molecule has 1 rings (SSSR count). The highest BCUT2D eigenvalue weighted by molar-refractivity contribution is 6.00. The van der Waals surface area contributed by atoms with Crippen molar-refractivity contribution in [2.75, 3.05) is 12.4 Å². The highest BCUT2D eigenvalue weighted by Gasteiger charge is 2.22. The van der Waals surface area contributed by atoms with Crippen molar-refractivity contribution >= 4 is 17.4 Å². The van der Waals surface area contributed by atoms with Crippen LogP contribution in [0.2, 0.25) is 0 Å². The normalized spacial score (nSPS) is 12.1. The minimum atomic E-state index is -0.505. The molecule has 6 heteroatoms. The standard InChI is InChI=1S/C13H19N3O3/c1-13(2,3)12(17)15-9-6-5-8(11(14)16-18)7-10(9)19-4/h5-7,18H,1-4H3,(H2,14,16)(H,15,17). The van der Waals surface area contributed by atoms with Crippen LogP contribution in [0.5, 0.6) is 5.75 Å². The third-order valence-electron chi connectivity index (χ3n) is 2.53. The van der Waals surface area contributed by atoms with E-state index < -0.39 is 5.41 Å². The highest BCUT2D eigenvalue weighted by Crippen LogP contribution is 2.27. The minimum absolute atomic E-state index is 0.0213. The van der Waals surface area contributed by atoms with E-state index in [2.05, 4.69) is 10.5 Å². The zero-order chi connectivity index (χ0) is 14.6. The Morgan fingerprint density at radius 3 is 2.53 bits per heavy atom. The van der Waals surface area contributed by atoms with Crippen LogP contribution in [-0.2, 0) is 4.79 Å². The van der Waals surface area contributed by atoms with Crippen molar-refractivity contribution in [3.8, 4) is 5.75 Å². The summed E-state index contributed by atoms with van der Waals surface area (Å²) in [5.74, 6) is 0.302. The van der Waals surface area contributed by atoms with Gasteiger partial charge in [0.1, 0.15) is 5.75 Å². The molecule has 0 saturated heterocycles. The molecule has 104 valence electrons. The summed E-state index contributed by atoms with van der Waals surface area (Å²) in [6.07, 6.45) is 0. The number of amides is 1. The lowest BCUT2D eigenvalue weighted by Gasteiger charge is -2.19. The fourth-order valence-corrected chi connectivity index (χ4v) is 1.32. The molecule has 0 saturated carbocycles. The first kappa shape index (κ1) is 14.8. The van der Waals surface area contributed by atoms with E-state index >= 15 is 0 Å². The van der Waals surface area contributed by atoms with E-state index in [9.17, 15) is 4.79 Å². The second-order valence-electron chi connectivity index (χ2n) is 5.10. The van der Waals surface area contributed by atoms with E-state index in [1.807, 2.05) is 20.8 Å². The fourth-order valence-electron chi connectivity index (χ4n) is 1.32. The lowest BCUT2D eigenvalue weighted by atomic mass is 9.95. The summed E-state index contributed by atoms with van der Waals surface area (Å²) < 4.78 is 5.19. The Bertz CT molecular complexity index is 504. The number of benzene rings is 1. The smallest absolute Gasteiger partial charge is 0.229 e. The van der Waals surface area contributed by atoms with Crippen molar-refractivity contribution < 1.29 is 14.7 Å². The SMILES string of the molecule is COc1cc(/C(N)=N/O)ccc1NC(=O)C(C)(C)C. The van der Waals surface area contributed by atoms with Crippen molar-refractivity contribution in [3.63, 3.8) is 0 Å². The summed E-state index contributed by atoms with van der Waals surface area (Å²) in [5, 5.41) is 14.3. The number of rotatable bonds is 3. The molecule has 1 amide bonds. The summed E-state index contributed by atoms with van der Waals surface area (Å²) in [6.45, 7) is 5.46. The molecule has 0 aromatic heterocycles. The van der Waals surface area contributed by atoms with Gasteiger partial charge < -0.3 is 21.0 Å². The number of carbonyl (C=O) groups excluding carboxylic acids is 1. The molecule has 0 unspecified atom stereocenters. The monoisotopic (exact) mass is 265 g/mol. The number of methoxy groups -OCH3 is 1. The van der Waals surface area contributed by atoms with Crippen LogP contribution in [0.25, 0.3) is 0 Å². The van der Waals surface area contributed by atoms with Crippen molar-refractivity contribution in [1.29, 1.82) is 0 Å². The minimum Gasteiger partial charge on any atom is -0.495 e. The van der Waals surface area contributed by atoms with E-state index in [0.717, 1.165) is 0 Å². The van der Waals surface area contributed by atoms with Crippen LogP contribution in [0, 0.1) is 5.41 Å². The molecule has 0 atom stereocenters. The molecule has 1 aromatic carbocycles. The van der Waals surface area contributed by atoms with Gasteiger partial charge in [0.15, 0.2) is 5.84 Å². The highest BCUT2D eigenvalue weighted by atomic mass is 16.5. The van der Waals surface area contributed by atoms with E-state index in [1.54, 1.807) is 18.2 Å². The van der Waals surface area contributed by atoms with E-state index in [1.165, 1.54) is 7.11 Å². The quantitative estimate of drug-likeness (QED) is 0.336. The van der Waals surface area contributed by atoms with Gasteiger partial charge in [-0.05, 0) is 18.2 Å². The number of oxime groups is 1. The summed E-state index contributed by atoms with van der Waals surface area (Å²) in [4.78, 5) is 11.9. The molecule has 0 fully saturated rings. The van der Waals surface area contributed by atoms with Crippen LogP contribution >= 0.6 is 0 Å². The predicted molar refractivity (Wildman–Crippen MR) is 73.6 cm³/mol. The van der Waals surface area contributed by atoms with Gasteiger partial charge in [-0.1, -0.05) is 25.9 Å². The number of hydrogen-bond acceptors (Lipinski definition) is 4. The molecule has 0 aliphatic rings. The number of amidine groups is 1. The third kappa shape index (κ3) is 3.61. The first-order valence-electron chi connectivity index (χ1n) is 5.77. The average Bonchev–Trinajstić information content (AvgIpc) is 2.37. The Morgan fingerprint density at radius 2 is 2.05 bits per heavy atom. The summed E-state index contributed by atoms with van der Waals surface area (Å²) >= 11 is 0. The van der Waals surface area contributed by atoms with Gasteiger partial charge in [0.05, 0.1) is 12.8 Å². The van der Waals surface area contributed by atoms with Crippen LogP contribution in [0.3, 0.4) is 0 Å². The van der Waals surface area contributed by atoms with Gasteiger partial charge in [-0.25, -0.2) is 0 Å². The Balaban J connectivity index is 3.07. The third-order valence-corrected chi connectivity index (χ3v) is 2.53. The zero-order valence-corrected chi connectivity index (χ0v) is 11.5. The first-order chi connectivity index (χ1) is 8.79. The Labute approximate surface area is 112 Å². The molecule has 6 nitrogen and oxygen atoms in total. The molecule has 0 aliphatic carbocycles. The van der Waals surface area contributed by atoms with Crippen LogP contribution in [0.4, 0.5) is 5.69 Å². The Kier molecular flexibility index (Phi) is 4.37. The molecule has 0 bridgehead atoms. The van der Waals surface area contributed by atoms with Gasteiger partial charge in [0, 0.05) is 11.0 Å². The first-order valence-corrected chi connectivity index (χ1v) is 5.77. The predicted octanol–water partition coefficient (Wildman–Crippen LogP) is 1.77. The molecule has 0 heterocycles. The van der Waals surface area contributed by atoms with Crippen LogP contribution in [0.1, 0.15) is 26.3 Å². The Hall–Kier alpha value is -2.24. The van der Waals surface area contributed by atoms with Crippen molar-refractivity contribution in [2.45, 2.75) is 20.8 Å². The number of nitrogens with one attached hydrogen (secondary N) is 1. The number of hydrogen-bond donors (Lipinski definition) is 3. The van der Waals surface area contributed by atoms with Crippen LogP contribution < -0.4 is 15.8 Å². The second kappa shape index (κ2) is 5.60. The number of nitrogens with zero attached hydrogens (tertiary/aromatic N) is 1. The Morgan fingerprint density at radius 1 is 1.42 bits per heavy atom. The molecular weight excluding hydrogens is 246 g/mol. The molecule has 0 aliphatic heterocycles. The molecule has 0 radical (unpaired) electrons. The maximum atomic E-state index is 11.9. The molecule has 19 heavy (non-hydrogen) atoms. The fraction of sp³-hybridized carbons (Fsp3) is 0.385. The number of carbonyl (C=O) groups is 1. The van der Waals surface area contributed by atoms with E-state index in [0.29, 0.717) is 17.0 Å². The molecule has 4 N–H and O–H groups in total. The molecular formula is C13H19N3O3. The summed E-state index contributed by atoms with van der Waals surface area (Å²) in [7, 11) is 1.48. The van der Waals surface area contributed by atoms with Crippen LogP contribution in [0.15, 0.2) is 23.4 Å². The maximum absolute atomic E-state index is 11.9. The van der Waals surface area contributed by atoms with Crippen LogP contribution in [-0.4, -0.2) is 24.1 Å². The molecule has 0 spiro atoms. The largest absolute Gasteiger partial charge is 0.495 e. The summed E-state index contributed by atoms with van der Waals surface area (Å²) in [5.41, 5.74) is 6.04. The van der Waals surface area contributed by atoms with Crippen molar-refractivity contribution in [3.05, 3.63) is 23.8 Å². The lowest BCUT2D eigenvalue weighted by molar-refractivity contribution is -0.123. The number of nitrogens with two attached hydrogens (primary N) is 1. The maximum Gasteiger partial charge on any atom is 0.229 e. The van der Waals surface area contributed by atoms with Gasteiger partial charge in [-0.2, -0.15) is 0 Å². The number of anilines is 1. The van der Waals surface area contributed by atoms with E-state index in [4.69, 9.17) is 15.7 Å². The van der Waals surface area contributed by atoms with Crippen molar-refractivity contribution in [2.24, 2.45) is 16.3 Å².